The number of rotatable bonds is 5. The molecule has 3 heterocycles. The van der Waals surface area contributed by atoms with Gasteiger partial charge in [-0.2, -0.15) is 0 Å². The van der Waals surface area contributed by atoms with E-state index >= 15 is 0 Å². The number of nitrogens with zero attached hydrogens (tertiary/aromatic N) is 3. The molecule has 200 valence electrons. The lowest BCUT2D eigenvalue weighted by Crippen LogP contribution is -2.58. The number of ether oxygens (including phenoxy) is 3. The Labute approximate surface area is 222 Å². The first-order chi connectivity index (χ1) is 17.4. The van der Waals surface area contributed by atoms with Crippen LogP contribution in [0.2, 0.25) is 0 Å². The largest absolute Gasteiger partial charge is 0.493 e. The second-order valence-corrected chi connectivity index (χ2v) is 11.9. The van der Waals surface area contributed by atoms with Crippen molar-refractivity contribution in [2.45, 2.75) is 58.8 Å². The predicted octanol–water partition coefficient (Wildman–Crippen LogP) is 5.11. The molecule has 0 saturated carbocycles. The molecule has 3 aromatic rings. The fourth-order valence-corrected chi connectivity index (χ4v) is 6.10. The van der Waals surface area contributed by atoms with Gasteiger partial charge in [0.05, 0.1) is 19.6 Å². The van der Waals surface area contributed by atoms with Gasteiger partial charge in [-0.25, -0.2) is 4.79 Å². The third-order valence-corrected chi connectivity index (χ3v) is 7.84. The number of pyridine rings is 1. The highest BCUT2D eigenvalue weighted by molar-refractivity contribution is 7.19. The maximum absolute atomic E-state index is 13.1. The van der Waals surface area contributed by atoms with Crippen LogP contribution in [0.4, 0.5) is 4.79 Å². The van der Waals surface area contributed by atoms with Gasteiger partial charge in [0, 0.05) is 60.1 Å². The molecule has 0 aliphatic carbocycles. The summed E-state index contributed by atoms with van der Waals surface area (Å²) in [5.41, 5.74) is 1.40. The Balaban J connectivity index is 1.63. The van der Waals surface area contributed by atoms with Gasteiger partial charge in [0.2, 0.25) is 0 Å². The Kier molecular flexibility index (Phi) is 7.57. The highest BCUT2D eigenvalue weighted by Crippen LogP contribution is 2.38. The van der Waals surface area contributed by atoms with Crippen molar-refractivity contribution in [2.75, 3.05) is 27.3 Å². The van der Waals surface area contributed by atoms with E-state index in [-0.39, 0.29) is 23.7 Å². The molecule has 1 amide bonds. The molecule has 2 aromatic heterocycles. The Morgan fingerprint density at radius 2 is 1.70 bits per heavy atom. The van der Waals surface area contributed by atoms with Crippen molar-refractivity contribution >= 4 is 27.5 Å². The minimum atomic E-state index is -0.518. The number of aromatic nitrogens is 1. The van der Waals surface area contributed by atoms with Crippen molar-refractivity contribution in [2.24, 2.45) is 7.05 Å². The number of aryl methyl sites for hydroxylation is 1. The van der Waals surface area contributed by atoms with E-state index in [0.29, 0.717) is 36.5 Å². The van der Waals surface area contributed by atoms with Crippen molar-refractivity contribution < 1.29 is 19.0 Å². The highest BCUT2D eigenvalue weighted by Gasteiger charge is 2.34. The Hall–Kier alpha value is -3.04. The van der Waals surface area contributed by atoms with Gasteiger partial charge in [0.15, 0.2) is 11.5 Å². The third-order valence-electron chi connectivity index (χ3n) is 6.69. The Bertz CT molecular complexity index is 1340. The van der Waals surface area contributed by atoms with Gasteiger partial charge in [-0.15, -0.1) is 11.3 Å². The van der Waals surface area contributed by atoms with Crippen LogP contribution in [0.1, 0.15) is 39.5 Å². The normalized spacial score (nSPS) is 18.8. The van der Waals surface area contributed by atoms with Crippen molar-refractivity contribution in [1.82, 2.24) is 14.4 Å². The smallest absolute Gasteiger partial charge is 0.410 e. The van der Waals surface area contributed by atoms with Crippen LogP contribution in [0.3, 0.4) is 0 Å². The number of amides is 1. The molecule has 8 nitrogen and oxygen atoms in total. The second-order valence-electron chi connectivity index (χ2n) is 10.7. The molecule has 4 rings (SSSR count). The van der Waals surface area contributed by atoms with E-state index in [4.69, 9.17) is 14.2 Å². The standard InChI is InChI=1S/C28H37N3O5S/c1-17-13-30(27(33)36-28(3,4)5)14-18(2)31(17)15-20-12-21-25(37-20)22(16-29(6)26(21)32)19-9-10-23(34-7)24(11-19)35-8/h9-12,16-18H,13-15H2,1-8H3/t17-,18?/m0/s1. The van der Waals surface area contributed by atoms with Crippen molar-refractivity contribution in [3.63, 3.8) is 0 Å². The maximum atomic E-state index is 13.1. The van der Waals surface area contributed by atoms with Gasteiger partial charge in [-0.1, -0.05) is 6.07 Å². The van der Waals surface area contributed by atoms with Gasteiger partial charge in [0.1, 0.15) is 5.60 Å². The average Bonchev–Trinajstić information content (AvgIpc) is 3.26. The van der Waals surface area contributed by atoms with Crippen LogP contribution in [0.25, 0.3) is 21.2 Å². The molecule has 1 saturated heterocycles. The lowest BCUT2D eigenvalue weighted by molar-refractivity contribution is -0.00942. The van der Waals surface area contributed by atoms with Crippen LogP contribution < -0.4 is 15.0 Å². The zero-order valence-corrected chi connectivity index (χ0v) is 23.8. The van der Waals surface area contributed by atoms with E-state index in [2.05, 4.69) is 18.7 Å². The number of carbonyl (C=O) groups excluding carboxylic acids is 1. The lowest BCUT2D eigenvalue weighted by atomic mass is 10.1. The topological polar surface area (TPSA) is 73.2 Å². The average molecular weight is 528 g/mol. The molecular formula is C28H37N3O5S. The molecule has 37 heavy (non-hydrogen) atoms. The van der Waals surface area contributed by atoms with E-state index in [1.165, 1.54) is 0 Å². The molecule has 1 fully saturated rings. The van der Waals surface area contributed by atoms with Gasteiger partial charge >= 0.3 is 6.09 Å². The summed E-state index contributed by atoms with van der Waals surface area (Å²) in [5, 5.41) is 0.711. The van der Waals surface area contributed by atoms with E-state index < -0.39 is 5.60 Å². The van der Waals surface area contributed by atoms with Crippen LogP contribution >= 0.6 is 11.3 Å². The minimum absolute atomic E-state index is 0.0161. The van der Waals surface area contributed by atoms with Crippen LogP contribution in [-0.2, 0) is 18.3 Å². The van der Waals surface area contributed by atoms with Gasteiger partial charge < -0.3 is 23.7 Å². The SMILES string of the molecule is COc1ccc(-c2cn(C)c(=O)c3cc(CN4C(C)CN(C(=O)OC(C)(C)C)C[C@@H]4C)sc23)cc1OC. The first-order valence-electron chi connectivity index (χ1n) is 12.5. The van der Waals surface area contributed by atoms with Gasteiger partial charge in [0.25, 0.3) is 5.56 Å². The number of fused-ring (bicyclic) bond motifs is 1. The van der Waals surface area contributed by atoms with Crippen LogP contribution in [0.5, 0.6) is 11.5 Å². The molecule has 1 aliphatic heterocycles. The summed E-state index contributed by atoms with van der Waals surface area (Å²) in [6.45, 7) is 11.8. The Morgan fingerprint density at radius 3 is 2.30 bits per heavy atom. The lowest BCUT2D eigenvalue weighted by Gasteiger charge is -2.44. The Morgan fingerprint density at radius 1 is 1.05 bits per heavy atom. The zero-order valence-electron chi connectivity index (χ0n) is 23.0. The molecule has 0 radical (unpaired) electrons. The fraction of sp³-hybridized carbons (Fsp3) is 0.500. The van der Waals surface area contributed by atoms with E-state index in [1.807, 2.05) is 51.2 Å². The summed E-state index contributed by atoms with van der Waals surface area (Å²) in [5.74, 6) is 1.30. The fourth-order valence-electron chi connectivity index (χ4n) is 4.91. The maximum Gasteiger partial charge on any atom is 0.410 e. The van der Waals surface area contributed by atoms with E-state index in [0.717, 1.165) is 20.7 Å². The third kappa shape index (κ3) is 5.62. The summed E-state index contributed by atoms with van der Waals surface area (Å²) in [6.07, 6.45) is 1.62. The molecule has 9 heteroatoms. The number of carbonyl (C=O) groups is 1. The molecule has 1 aliphatic rings. The second kappa shape index (κ2) is 10.4. The molecule has 1 aromatic carbocycles. The number of benzene rings is 1. The number of piperazine rings is 1. The quantitative estimate of drug-likeness (QED) is 0.459. The van der Waals surface area contributed by atoms with Gasteiger partial charge in [-0.3, -0.25) is 9.69 Å². The summed E-state index contributed by atoms with van der Waals surface area (Å²) in [6, 6.07) is 8.13. The number of methoxy groups -OCH3 is 2. The first-order valence-corrected chi connectivity index (χ1v) is 13.3. The molecule has 1 unspecified atom stereocenters. The molecule has 0 N–H and O–H groups in total. The molecule has 2 atom stereocenters. The van der Waals surface area contributed by atoms with E-state index in [1.54, 1.807) is 42.1 Å². The zero-order chi connectivity index (χ0) is 27.1. The minimum Gasteiger partial charge on any atom is -0.493 e. The molecule has 0 spiro atoms. The van der Waals surface area contributed by atoms with Crippen LogP contribution in [0, 0.1) is 0 Å². The van der Waals surface area contributed by atoms with Crippen molar-refractivity contribution in [3.05, 3.63) is 45.7 Å². The summed E-state index contributed by atoms with van der Waals surface area (Å²) >= 11 is 1.65. The van der Waals surface area contributed by atoms with E-state index in [9.17, 15) is 9.59 Å². The molecular weight excluding hydrogens is 490 g/mol. The predicted molar refractivity (Wildman–Crippen MR) is 148 cm³/mol. The number of hydrogen-bond donors (Lipinski definition) is 0. The number of hydrogen-bond acceptors (Lipinski definition) is 7. The highest BCUT2D eigenvalue weighted by atomic mass is 32.1. The molecule has 0 bridgehead atoms. The van der Waals surface area contributed by atoms with Crippen molar-refractivity contribution in [1.29, 1.82) is 0 Å². The summed E-state index contributed by atoms with van der Waals surface area (Å²) in [7, 11) is 5.01. The van der Waals surface area contributed by atoms with Crippen molar-refractivity contribution in [3.8, 4) is 22.6 Å². The van der Waals surface area contributed by atoms with Crippen LogP contribution in [-0.4, -0.2) is 65.5 Å². The monoisotopic (exact) mass is 527 g/mol. The van der Waals surface area contributed by atoms with Gasteiger partial charge in [-0.05, 0) is 58.4 Å². The van der Waals surface area contributed by atoms with Crippen LogP contribution in [0.15, 0.2) is 35.3 Å². The first kappa shape index (κ1) is 27.0. The summed E-state index contributed by atoms with van der Waals surface area (Å²) < 4.78 is 19.1. The number of thiophene rings is 1. The summed E-state index contributed by atoms with van der Waals surface area (Å²) in [4.78, 5) is 31.0.